The predicted octanol–water partition coefficient (Wildman–Crippen LogP) is 3.09. The molecular formula is C13H21NO. The molecule has 0 bridgehead atoms. The molecule has 84 valence electrons. The molecule has 15 heavy (non-hydrogen) atoms. The van der Waals surface area contributed by atoms with Gasteiger partial charge in [-0.15, -0.1) is 0 Å². The van der Waals surface area contributed by atoms with Gasteiger partial charge in [-0.05, 0) is 30.5 Å². The molecule has 1 aromatic rings. The topological polar surface area (TPSA) is 21.3 Å². The third-order valence-electron chi connectivity index (χ3n) is 2.41. The Morgan fingerprint density at radius 1 is 1.20 bits per heavy atom. The number of rotatable bonds is 7. The van der Waals surface area contributed by atoms with Gasteiger partial charge in [0.1, 0.15) is 0 Å². The number of hydrogen-bond acceptors (Lipinski definition) is 2. The maximum atomic E-state index is 4.98. The molecule has 2 heteroatoms. The number of unbranched alkanes of at least 4 members (excludes halogenated alkanes) is 1. The highest BCUT2D eigenvalue weighted by atomic mass is 16.5. The highest BCUT2D eigenvalue weighted by Gasteiger charge is 1.93. The van der Waals surface area contributed by atoms with Crippen molar-refractivity contribution in [3.8, 4) is 0 Å². The molecule has 0 spiro atoms. The first-order chi connectivity index (χ1) is 7.36. The first-order valence-corrected chi connectivity index (χ1v) is 5.68. The zero-order valence-corrected chi connectivity index (χ0v) is 9.75. The summed E-state index contributed by atoms with van der Waals surface area (Å²) in [5.41, 5.74) is 2.60. The second-order valence-electron chi connectivity index (χ2n) is 3.72. The SMILES string of the molecule is CCCCc1ccc(NCCOC)cc1. The standard InChI is InChI=1S/C13H21NO/c1-3-4-5-12-6-8-13(9-7-12)14-10-11-15-2/h6-9,14H,3-5,10-11H2,1-2H3. The van der Waals surface area contributed by atoms with E-state index in [1.165, 1.54) is 30.5 Å². The summed E-state index contributed by atoms with van der Waals surface area (Å²) in [4.78, 5) is 0. The van der Waals surface area contributed by atoms with E-state index in [0.29, 0.717) is 0 Å². The number of aryl methyl sites for hydroxylation is 1. The van der Waals surface area contributed by atoms with Gasteiger partial charge >= 0.3 is 0 Å². The molecule has 0 aromatic heterocycles. The minimum Gasteiger partial charge on any atom is -0.383 e. The summed E-state index contributed by atoms with van der Waals surface area (Å²) in [6.45, 7) is 3.84. The van der Waals surface area contributed by atoms with Gasteiger partial charge in [0, 0.05) is 19.3 Å². The van der Waals surface area contributed by atoms with Gasteiger partial charge in [0.15, 0.2) is 0 Å². The maximum absolute atomic E-state index is 4.98. The van der Waals surface area contributed by atoms with Crippen LogP contribution in [-0.4, -0.2) is 20.3 Å². The minimum atomic E-state index is 0.748. The largest absolute Gasteiger partial charge is 0.383 e. The summed E-state index contributed by atoms with van der Waals surface area (Å²) in [6, 6.07) is 8.68. The molecule has 0 atom stereocenters. The lowest BCUT2D eigenvalue weighted by Gasteiger charge is -2.06. The van der Waals surface area contributed by atoms with Gasteiger partial charge in [-0.2, -0.15) is 0 Å². The number of methoxy groups -OCH3 is 1. The van der Waals surface area contributed by atoms with Crippen LogP contribution in [-0.2, 0) is 11.2 Å². The summed E-state index contributed by atoms with van der Waals surface area (Å²) in [5, 5.41) is 3.30. The summed E-state index contributed by atoms with van der Waals surface area (Å²) in [5.74, 6) is 0. The van der Waals surface area contributed by atoms with Crippen LogP contribution in [0.25, 0.3) is 0 Å². The molecule has 0 heterocycles. The average molecular weight is 207 g/mol. The molecule has 0 aliphatic heterocycles. The number of anilines is 1. The Morgan fingerprint density at radius 3 is 2.53 bits per heavy atom. The van der Waals surface area contributed by atoms with Crippen molar-refractivity contribution in [1.29, 1.82) is 0 Å². The van der Waals surface area contributed by atoms with Gasteiger partial charge < -0.3 is 10.1 Å². The van der Waals surface area contributed by atoms with E-state index >= 15 is 0 Å². The van der Waals surface area contributed by atoms with E-state index in [2.05, 4.69) is 36.5 Å². The van der Waals surface area contributed by atoms with E-state index in [4.69, 9.17) is 4.74 Å². The van der Waals surface area contributed by atoms with E-state index in [9.17, 15) is 0 Å². The third-order valence-corrected chi connectivity index (χ3v) is 2.41. The van der Waals surface area contributed by atoms with Gasteiger partial charge in [-0.1, -0.05) is 25.5 Å². The maximum Gasteiger partial charge on any atom is 0.0635 e. The molecule has 0 aliphatic carbocycles. The second-order valence-corrected chi connectivity index (χ2v) is 3.72. The molecule has 2 nitrogen and oxygen atoms in total. The first kappa shape index (κ1) is 12.1. The lowest BCUT2D eigenvalue weighted by Crippen LogP contribution is -2.07. The van der Waals surface area contributed by atoms with E-state index in [0.717, 1.165) is 13.2 Å². The molecule has 0 saturated heterocycles. The molecule has 1 aromatic carbocycles. The van der Waals surface area contributed by atoms with Crippen molar-refractivity contribution in [3.63, 3.8) is 0 Å². The number of benzene rings is 1. The van der Waals surface area contributed by atoms with Crippen LogP contribution in [0.3, 0.4) is 0 Å². The highest BCUT2D eigenvalue weighted by molar-refractivity contribution is 5.44. The Bertz CT molecular complexity index is 256. The Hall–Kier alpha value is -1.02. The van der Waals surface area contributed by atoms with Crippen LogP contribution < -0.4 is 5.32 Å². The van der Waals surface area contributed by atoms with Crippen molar-refractivity contribution >= 4 is 5.69 Å². The number of ether oxygens (including phenoxy) is 1. The number of nitrogens with one attached hydrogen (secondary N) is 1. The molecule has 0 radical (unpaired) electrons. The third kappa shape index (κ3) is 4.84. The molecule has 0 unspecified atom stereocenters. The molecular weight excluding hydrogens is 186 g/mol. The van der Waals surface area contributed by atoms with Gasteiger partial charge in [0.2, 0.25) is 0 Å². The highest BCUT2D eigenvalue weighted by Crippen LogP contribution is 2.11. The molecule has 0 amide bonds. The zero-order valence-electron chi connectivity index (χ0n) is 9.75. The summed E-state index contributed by atoms with van der Waals surface area (Å²) in [7, 11) is 1.72. The molecule has 1 N–H and O–H groups in total. The molecule has 1 rings (SSSR count). The fourth-order valence-electron chi connectivity index (χ4n) is 1.47. The Morgan fingerprint density at radius 2 is 1.93 bits per heavy atom. The van der Waals surface area contributed by atoms with Crippen LogP contribution in [0.5, 0.6) is 0 Å². The summed E-state index contributed by atoms with van der Waals surface area (Å²) < 4.78 is 4.98. The van der Waals surface area contributed by atoms with Crippen molar-refractivity contribution in [1.82, 2.24) is 0 Å². The zero-order chi connectivity index (χ0) is 10.9. The normalized spacial score (nSPS) is 10.3. The van der Waals surface area contributed by atoms with E-state index < -0.39 is 0 Å². The Balaban J connectivity index is 2.35. The van der Waals surface area contributed by atoms with Crippen LogP contribution in [0, 0.1) is 0 Å². The van der Waals surface area contributed by atoms with Crippen LogP contribution in [0.4, 0.5) is 5.69 Å². The van der Waals surface area contributed by atoms with Gasteiger partial charge in [-0.3, -0.25) is 0 Å². The van der Waals surface area contributed by atoms with Gasteiger partial charge in [0.25, 0.3) is 0 Å². The fraction of sp³-hybridized carbons (Fsp3) is 0.538. The Kier molecular flexibility index (Phi) is 5.86. The van der Waals surface area contributed by atoms with Crippen molar-refractivity contribution in [2.75, 3.05) is 25.6 Å². The Labute approximate surface area is 92.6 Å². The molecule has 0 saturated carbocycles. The van der Waals surface area contributed by atoms with Gasteiger partial charge in [0.05, 0.1) is 6.61 Å². The molecule has 0 fully saturated rings. The minimum absolute atomic E-state index is 0.748. The van der Waals surface area contributed by atoms with Crippen LogP contribution in [0.15, 0.2) is 24.3 Å². The fourth-order valence-corrected chi connectivity index (χ4v) is 1.47. The average Bonchev–Trinajstić information content (AvgIpc) is 2.28. The smallest absolute Gasteiger partial charge is 0.0635 e. The molecule has 0 aliphatic rings. The second kappa shape index (κ2) is 7.30. The van der Waals surface area contributed by atoms with Crippen molar-refractivity contribution in [3.05, 3.63) is 29.8 Å². The van der Waals surface area contributed by atoms with E-state index in [1.807, 2.05) is 0 Å². The van der Waals surface area contributed by atoms with Gasteiger partial charge in [-0.25, -0.2) is 0 Å². The predicted molar refractivity (Wildman–Crippen MR) is 65.4 cm³/mol. The van der Waals surface area contributed by atoms with Crippen molar-refractivity contribution in [2.45, 2.75) is 26.2 Å². The quantitative estimate of drug-likeness (QED) is 0.694. The van der Waals surface area contributed by atoms with Crippen molar-refractivity contribution < 1.29 is 4.74 Å². The van der Waals surface area contributed by atoms with Crippen LogP contribution in [0.2, 0.25) is 0 Å². The van der Waals surface area contributed by atoms with Crippen LogP contribution >= 0.6 is 0 Å². The van der Waals surface area contributed by atoms with Crippen molar-refractivity contribution in [2.24, 2.45) is 0 Å². The van der Waals surface area contributed by atoms with Crippen LogP contribution in [0.1, 0.15) is 25.3 Å². The lowest BCUT2D eigenvalue weighted by molar-refractivity contribution is 0.211. The van der Waals surface area contributed by atoms with E-state index in [1.54, 1.807) is 7.11 Å². The first-order valence-electron chi connectivity index (χ1n) is 5.68. The van der Waals surface area contributed by atoms with E-state index in [-0.39, 0.29) is 0 Å². The monoisotopic (exact) mass is 207 g/mol. The summed E-state index contributed by atoms with van der Waals surface area (Å²) in [6.07, 6.45) is 3.72. The number of hydrogen-bond donors (Lipinski definition) is 1. The lowest BCUT2D eigenvalue weighted by atomic mass is 10.1. The summed E-state index contributed by atoms with van der Waals surface area (Å²) >= 11 is 0.